The lowest BCUT2D eigenvalue weighted by Crippen LogP contribution is -2.27. The molecule has 5 rings (SSSR count). The predicted molar refractivity (Wildman–Crippen MR) is 108 cm³/mol. The average Bonchev–Trinajstić information content (AvgIpc) is 3.28. The second-order valence-electron chi connectivity index (χ2n) is 8.31. The van der Waals surface area contributed by atoms with E-state index in [4.69, 9.17) is 4.98 Å². The molecule has 1 fully saturated rings. The molecule has 1 saturated carbocycles. The number of aromatic nitrogens is 4. The van der Waals surface area contributed by atoms with Gasteiger partial charge in [-0.1, -0.05) is 26.2 Å². The van der Waals surface area contributed by atoms with Crippen LogP contribution < -0.4 is 10.0 Å². The van der Waals surface area contributed by atoms with Crippen LogP contribution in [0.15, 0.2) is 30.7 Å². The summed E-state index contributed by atoms with van der Waals surface area (Å²) >= 11 is 0. The lowest BCUT2D eigenvalue weighted by atomic mass is 9.72. The van der Waals surface area contributed by atoms with Crippen LogP contribution in [0.2, 0.25) is 0 Å². The van der Waals surface area contributed by atoms with Gasteiger partial charge >= 0.3 is 0 Å². The zero-order valence-corrected chi connectivity index (χ0v) is 16.4. The third-order valence-electron chi connectivity index (χ3n) is 6.66. The van der Waals surface area contributed by atoms with Gasteiger partial charge in [-0.05, 0) is 38.2 Å². The number of nitrogens with one attached hydrogen (secondary N) is 1. The van der Waals surface area contributed by atoms with E-state index in [1.807, 2.05) is 16.8 Å². The average molecular weight is 377 g/mol. The molecule has 2 aliphatic rings. The first kappa shape index (κ1) is 17.5. The topological polar surface area (TPSA) is 69.2 Å². The fraction of sp³-hybridized carbons (Fsp3) is 0.500. The first-order chi connectivity index (χ1) is 13.7. The quantitative estimate of drug-likeness (QED) is 0.556. The largest absolute Gasteiger partial charge is 0.619 e. The van der Waals surface area contributed by atoms with E-state index in [1.54, 1.807) is 12.3 Å². The number of fused-ring (bicyclic) bond motifs is 3. The molecule has 0 amide bonds. The molecule has 3 aromatic heterocycles. The van der Waals surface area contributed by atoms with Crippen LogP contribution in [-0.2, 0) is 24.8 Å². The van der Waals surface area contributed by atoms with E-state index in [0.717, 1.165) is 34.6 Å². The SMILES string of the molecule is CCc1cnn2c(NCc3ccc[n+]([O-])c3)c3c(nc12)C1(CCCCC1)CC3. The molecule has 0 saturated heterocycles. The molecule has 0 aliphatic heterocycles. The Kier molecular flexibility index (Phi) is 4.22. The molecular weight excluding hydrogens is 350 g/mol. The minimum absolute atomic E-state index is 0.256. The Morgan fingerprint density at radius 2 is 2.11 bits per heavy atom. The summed E-state index contributed by atoms with van der Waals surface area (Å²) in [6.45, 7) is 2.76. The Morgan fingerprint density at radius 1 is 1.25 bits per heavy atom. The van der Waals surface area contributed by atoms with Crippen LogP contribution in [0.4, 0.5) is 5.82 Å². The zero-order valence-electron chi connectivity index (χ0n) is 16.4. The van der Waals surface area contributed by atoms with Gasteiger partial charge in [0.15, 0.2) is 18.0 Å². The van der Waals surface area contributed by atoms with Crippen LogP contribution in [0.1, 0.15) is 67.8 Å². The van der Waals surface area contributed by atoms with E-state index in [2.05, 4.69) is 17.3 Å². The van der Waals surface area contributed by atoms with E-state index in [9.17, 15) is 5.21 Å². The molecule has 28 heavy (non-hydrogen) atoms. The van der Waals surface area contributed by atoms with Crippen LogP contribution in [0.5, 0.6) is 0 Å². The molecule has 3 heterocycles. The second kappa shape index (κ2) is 6.76. The zero-order chi connectivity index (χ0) is 19.1. The fourth-order valence-electron chi connectivity index (χ4n) is 5.17. The van der Waals surface area contributed by atoms with Crippen molar-refractivity contribution >= 4 is 11.5 Å². The number of nitrogens with zero attached hydrogens (tertiary/aromatic N) is 4. The highest BCUT2D eigenvalue weighted by atomic mass is 16.5. The van der Waals surface area contributed by atoms with Crippen LogP contribution >= 0.6 is 0 Å². The van der Waals surface area contributed by atoms with Crippen LogP contribution in [-0.4, -0.2) is 14.6 Å². The summed E-state index contributed by atoms with van der Waals surface area (Å²) in [5.41, 5.74) is 6.04. The third kappa shape index (κ3) is 2.74. The van der Waals surface area contributed by atoms with Gasteiger partial charge in [0.1, 0.15) is 5.82 Å². The Morgan fingerprint density at radius 3 is 2.89 bits per heavy atom. The number of rotatable bonds is 4. The van der Waals surface area contributed by atoms with Gasteiger partial charge in [-0.25, -0.2) is 4.98 Å². The Labute approximate surface area is 165 Å². The molecule has 1 spiro atoms. The minimum Gasteiger partial charge on any atom is -0.619 e. The molecule has 6 nitrogen and oxygen atoms in total. The molecule has 3 aromatic rings. The van der Waals surface area contributed by atoms with Gasteiger partial charge < -0.3 is 10.5 Å². The van der Waals surface area contributed by atoms with Gasteiger partial charge in [-0.15, -0.1) is 0 Å². The van der Waals surface area contributed by atoms with E-state index in [-0.39, 0.29) is 5.41 Å². The summed E-state index contributed by atoms with van der Waals surface area (Å²) in [5, 5.41) is 19.9. The van der Waals surface area contributed by atoms with Crippen LogP contribution in [0, 0.1) is 5.21 Å². The van der Waals surface area contributed by atoms with Gasteiger partial charge in [0.2, 0.25) is 0 Å². The van der Waals surface area contributed by atoms with Gasteiger partial charge in [-0.2, -0.15) is 14.3 Å². The highest BCUT2D eigenvalue weighted by molar-refractivity contribution is 5.61. The van der Waals surface area contributed by atoms with E-state index >= 15 is 0 Å². The molecule has 0 atom stereocenters. The van der Waals surface area contributed by atoms with Crippen molar-refractivity contribution in [1.82, 2.24) is 14.6 Å². The number of hydrogen-bond donors (Lipinski definition) is 1. The van der Waals surface area contributed by atoms with Crippen molar-refractivity contribution in [2.24, 2.45) is 0 Å². The summed E-state index contributed by atoms with van der Waals surface area (Å²) in [6.07, 6.45) is 14.7. The summed E-state index contributed by atoms with van der Waals surface area (Å²) < 4.78 is 2.83. The second-order valence-corrected chi connectivity index (χ2v) is 8.31. The summed E-state index contributed by atoms with van der Waals surface area (Å²) in [5.74, 6) is 1.06. The monoisotopic (exact) mass is 377 g/mol. The van der Waals surface area contributed by atoms with Crippen LogP contribution in [0.3, 0.4) is 0 Å². The van der Waals surface area contributed by atoms with Gasteiger partial charge in [0.25, 0.3) is 0 Å². The van der Waals surface area contributed by atoms with Crippen molar-refractivity contribution in [3.63, 3.8) is 0 Å². The van der Waals surface area contributed by atoms with E-state index in [1.165, 1.54) is 61.5 Å². The van der Waals surface area contributed by atoms with Crippen molar-refractivity contribution in [2.75, 3.05) is 5.32 Å². The standard InChI is InChI=1S/C22H27N5O/c1-2-17-14-24-27-20(17)25-19-18(8-11-22(19)9-4-3-5-10-22)21(27)23-13-16-7-6-12-26(28)15-16/h6-7,12,14-15,23H,2-5,8-11,13H2,1H3. The van der Waals surface area contributed by atoms with Crippen molar-refractivity contribution in [3.05, 3.63) is 58.3 Å². The maximum atomic E-state index is 11.6. The molecule has 6 heteroatoms. The molecule has 1 N–H and O–H groups in total. The maximum Gasteiger partial charge on any atom is 0.185 e. The van der Waals surface area contributed by atoms with E-state index in [0.29, 0.717) is 6.54 Å². The molecule has 0 radical (unpaired) electrons. The normalized spacial score (nSPS) is 17.9. The Bertz CT molecular complexity index is 1020. The highest BCUT2D eigenvalue weighted by Crippen LogP contribution is 2.49. The van der Waals surface area contributed by atoms with Gasteiger partial charge in [0.05, 0.1) is 11.9 Å². The van der Waals surface area contributed by atoms with Gasteiger partial charge in [-0.3, -0.25) is 0 Å². The Hall–Kier alpha value is -2.63. The first-order valence-electron chi connectivity index (χ1n) is 10.5. The number of pyridine rings is 1. The molecule has 146 valence electrons. The van der Waals surface area contributed by atoms with Crippen LogP contribution in [0.25, 0.3) is 5.65 Å². The number of hydrogen-bond acceptors (Lipinski definition) is 4. The maximum absolute atomic E-state index is 11.6. The fourth-order valence-corrected chi connectivity index (χ4v) is 5.17. The smallest absolute Gasteiger partial charge is 0.185 e. The summed E-state index contributed by atoms with van der Waals surface area (Å²) in [6, 6.07) is 3.76. The first-order valence-corrected chi connectivity index (χ1v) is 10.5. The van der Waals surface area contributed by atoms with Crippen molar-refractivity contribution in [1.29, 1.82) is 0 Å². The third-order valence-corrected chi connectivity index (χ3v) is 6.66. The lowest BCUT2D eigenvalue weighted by Gasteiger charge is -2.33. The van der Waals surface area contributed by atoms with Crippen molar-refractivity contribution in [3.8, 4) is 0 Å². The molecular formula is C22H27N5O. The predicted octanol–water partition coefficient (Wildman–Crippen LogP) is 3.69. The molecule has 0 bridgehead atoms. The van der Waals surface area contributed by atoms with Crippen molar-refractivity contribution < 1.29 is 4.73 Å². The molecule has 2 aliphatic carbocycles. The molecule has 0 aromatic carbocycles. The van der Waals surface area contributed by atoms with Crippen molar-refractivity contribution in [2.45, 2.75) is 70.3 Å². The summed E-state index contributed by atoms with van der Waals surface area (Å²) in [7, 11) is 0. The van der Waals surface area contributed by atoms with Gasteiger partial charge in [0, 0.05) is 34.7 Å². The Balaban J connectivity index is 1.60. The number of anilines is 1. The minimum atomic E-state index is 0.256. The number of aryl methyl sites for hydroxylation is 1. The highest BCUT2D eigenvalue weighted by Gasteiger charge is 2.43. The molecule has 0 unspecified atom stereocenters. The van der Waals surface area contributed by atoms with E-state index < -0.39 is 0 Å². The lowest BCUT2D eigenvalue weighted by molar-refractivity contribution is -0.605. The summed E-state index contributed by atoms with van der Waals surface area (Å²) in [4.78, 5) is 5.20.